The SMILES string of the molecule is Cc1ccc(-c2ccc(O/C(NN)=C(/N)C(=O)O)cc2)c(C)c1. The van der Waals surface area contributed by atoms with Gasteiger partial charge in [0.05, 0.1) is 0 Å². The van der Waals surface area contributed by atoms with Crippen LogP contribution in [0.25, 0.3) is 11.1 Å². The number of nitrogens with two attached hydrogens (primary N) is 2. The number of nitrogens with one attached hydrogen (secondary N) is 1. The summed E-state index contributed by atoms with van der Waals surface area (Å²) in [6.07, 6.45) is 0. The molecule has 23 heavy (non-hydrogen) atoms. The third-order valence-electron chi connectivity index (χ3n) is 3.37. The lowest BCUT2D eigenvalue weighted by atomic mass is 9.99. The minimum atomic E-state index is -1.31. The van der Waals surface area contributed by atoms with Crippen molar-refractivity contribution in [2.45, 2.75) is 13.8 Å². The first-order chi connectivity index (χ1) is 10.9. The molecule has 0 saturated carbocycles. The predicted molar refractivity (Wildman–Crippen MR) is 88.2 cm³/mol. The lowest BCUT2D eigenvalue weighted by Crippen LogP contribution is -2.31. The van der Waals surface area contributed by atoms with Gasteiger partial charge in [-0.25, -0.2) is 10.6 Å². The van der Waals surface area contributed by atoms with E-state index in [0.717, 1.165) is 11.1 Å². The minimum absolute atomic E-state index is 0.211. The van der Waals surface area contributed by atoms with Crippen molar-refractivity contribution in [1.82, 2.24) is 5.43 Å². The molecule has 0 bridgehead atoms. The molecular weight excluding hydrogens is 294 g/mol. The Labute approximate surface area is 134 Å². The number of hydrogen-bond donors (Lipinski definition) is 4. The average molecular weight is 313 g/mol. The number of carboxylic acids is 1. The summed E-state index contributed by atoms with van der Waals surface area (Å²) < 4.78 is 5.36. The van der Waals surface area contributed by atoms with Gasteiger partial charge in [0, 0.05) is 0 Å². The van der Waals surface area contributed by atoms with Crippen LogP contribution < -0.4 is 21.7 Å². The largest absolute Gasteiger partial charge is 0.476 e. The number of aryl methyl sites for hydroxylation is 2. The summed E-state index contributed by atoms with van der Waals surface area (Å²) in [5, 5.41) is 8.85. The molecule has 0 aliphatic carbocycles. The summed E-state index contributed by atoms with van der Waals surface area (Å²) in [7, 11) is 0. The molecule has 2 aromatic rings. The van der Waals surface area contributed by atoms with Crippen LogP contribution in [-0.2, 0) is 4.79 Å². The van der Waals surface area contributed by atoms with Gasteiger partial charge in [0.15, 0.2) is 5.70 Å². The van der Waals surface area contributed by atoms with Crippen LogP contribution >= 0.6 is 0 Å². The van der Waals surface area contributed by atoms with E-state index in [2.05, 4.69) is 30.5 Å². The van der Waals surface area contributed by atoms with Crippen LogP contribution in [0.2, 0.25) is 0 Å². The first-order valence-corrected chi connectivity index (χ1v) is 6.97. The van der Waals surface area contributed by atoms with Gasteiger partial charge in [-0.2, -0.15) is 0 Å². The van der Waals surface area contributed by atoms with E-state index >= 15 is 0 Å². The van der Waals surface area contributed by atoms with E-state index in [1.54, 1.807) is 12.1 Å². The van der Waals surface area contributed by atoms with Crippen LogP contribution in [-0.4, -0.2) is 11.1 Å². The van der Waals surface area contributed by atoms with E-state index in [1.165, 1.54) is 11.1 Å². The fraction of sp³-hybridized carbons (Fsp3) is 0.118. The number of carbonyl (C=O) groups is 1. The fourth-order valence-corrected chi connectivity index (χ4v) is 2.22. The van der Waals surface area contributed by atoms with Gasteiger partial charge in [0.25, 0.3) is 0 Å². The summed E-state index contributed by atoms with van der Waals surface area (Å²) in [5.74, 6) is 4.14. The molecule has 0 saturated heterocycles. The Morgan fingerprint density at radius 1 is 1.13 bits per heavy atom. The molecule has 6 heteroatoms. The monoisotopic (exact) mass is 313 g/mol. The zero-order chi connectivity index (χ0) is 17.0. The van der Waals surface area contributed by atoms with Gasteiger partial charge in [0.2, 0.25) is 5.88 Å². The number of carboxylic acid groups (broad SMARTS) is 1. The molecule has 0 aliphatic heterocycles. The van der Waals surface area contributed by atoms with Crippen molar-refractivity contribution in [3.8, 4) is 16.9 Å². The number of ether oxygens (including phenoxy) is 1. The Balaban J connectivity index is 2.26. The van der Waals surface area contributed by atoms with E-state index in [-0.39, 0.29) is 5.88 Å². The molecule has 120 valence electrons. The van der Waals surface area contributed by atoms with Gasteiger partial charge in [-0.3, -0.25) is 5.43 Å². The summed E-state index contributed by atoms with van der Waals surface area (Å²) >= 11 is 0. The van der Waals surface area contributed by atoms with Crippen molar-refractivity contribution >= 4 is 5.97 Å². The molecule has 0 radical (unpaired) electrons. The second-order valence-electron chi connectivity index (χ2n) is 5.14. The molecule has 6 N–H and O–H groups in total. The van der Waals surface area contributed by atoms with Gasteiger partial charge in [-0.05, 0) is 42.7 Å². The first kappa shape index (κ1) is 16.4. The minimum Gasteiger partial charge on any atom is -0.476 e. The summed E-state index contributed by atoms with van der Waals surface area (Å²) in [4.78, 5) is 10.8. The van der Waals surface area contributed by atoms with Gasteiger partial charge < -0.3 is 15.6 Å². The summed E-state index contributed by atoms with van der Waals surface area (Å²) in [6.45, 7) is 4.10. The van der Waals surface area contributed by atoms with Crippen molar-refractivity contribution in [2.75, 3.05) is 0 Å². The highest BCUT2D eigenvalue weighted by Gasteiger charge is 2.12. The molecule has 0 amide bonds. The summed E-state index contributed by atoms with van der Waals surface area (Å²) in [5.41, 5.74) is 11.6. The third-order valence-corrected chi connectivity index (χ3v) is 3.37. The second kappa shape index (κ2) is 6.85. The number of rotatable bonds is 5. The molecule has 6 nitrogen and oxygen atoms in total. The van der Waals surface area contributed by atoms with Crippen molar-refractivity contribution < 1.29 is 14.6 Å². The lowest BCUT2D eigenvalue weighted by Gasteiger charge is -2.12. The summed E-state index contributed by atoms with van der Waals surface area (Å²) in [6, 6.07) is 13.5. The van der Waals surface area contributed by atoms with Gasteiger partial charge >= 0.3 is 5.97 Å². The van der Waals surface area contributed by atoms with Crippen molar-refractivity contribution in [3.05, 3.63) is 65.2 Å². The maximum Gasteiger partial charge on any atom is 0.357 e. The standard InChI is InChI=1S/C17H19N3O3/c1-10-3-8-14(11(2)9-10)12-4-6-13(7-5-12)23-16(20-19)15(18)17(21)22/h3-9,20H,18-19H2,1-2H3,(H,21,22)/b16-15+. The molecule has 2 rings (SSSR count). The zero-order valence-corrected chi connectivity index (χ0v) is 13.0. The fourth-order valence-electron chi connectivity index (χ4n) is 2.22. The predicted octanol–water partition coefficient (Wildman–Crippen LogP) is 2.02. The molecule has 0 aliphatic rings. The maximum atomic E-state index is 10.8. The third kappa shape index (κ3) is 3.81. The average Bonchev–Trinajstić information content (AvgIpc) is 2.52. The number of benzene rings is 2. The van der Waals surface area contributed by atoms with Crippen molar-refractivity contribution in [1.29, 1.82) is 0 Å². The van der Waals surface area contributed by atoms with E-state index < -0.39 is 11.7 Å². The second-order valence-corrected chi connectivity index (χ2v) is 5.14. The van der Waals surface area contributed by atoms with E-state index in [9.17, 15) is 4.79 Å². The van der Waals surface area contributed by atoms with Gasteiger partial charge in [0.1, 0.15) is 5.75 Å². The molecule has 0 fully saturated rings. The highest BCUT2D eigenvalue weighted by molar-refractivity contribution is 5.85. The Morgan fingerprint density at radius 2 is 1.78 bits per heavy atom. The van der Waals surface area contributed by atoms with Gasteiger partial charge in [-0.1, -0.05) is 35.9 Å². The van der Waals surface area contributed by atoms with Crippen LogP contribution in [0.3, 0.4) is 0 Å². The highest BCUT2D eigenvalue weighted by atomic mass is 16.5. The van der Waals surface area contributed by atoms with Crippen LogP contribution in [0.5, 0.6) is 5.75 Å². The van der Waals surface area contributed by atoms with Crippen LogP contribution in [0, 0.1) is 13.8 Å². The molecular formula is C17H19N3O3. The Morgan fingerprint density at radius 3 is 2.30 bits per heavy atom. The van der Waals surface area contributed by atoms with Crippen molar-refractivity contribution in [2.24, 2.45) is 11.6 Å². The smallest absolute Gasteiger partial charge is 0.357 e. The van der Waals surface area contributed by atoms with Gasteiger partial charge in [-0.15, -0.1) is 0 Å². The van der Waals surface area contributed by atoms with E-state index in [0.29, 0.717) is 5.75 Å². The maximum absolute atomic E-state index is 10.8. The number of aliphatic carboxylic acids is 1. The quantitative estimate of drug-likeness (QED) is 0.291. The lowest BCUT2D eigenvalue weighted by molar-refractivity contribution is -0.132. The van der Waals surface area contributed by atoms with Crippen LogP contribution in [0.15, 0.2) is 54.0 Å². The Bertz CT molecular complexity index is 752. The Hall–Kier alpha value is -2.99. The Kier molecular flexibility index (Phi) is 4.88. The van der Waals surface area contributed by atoms with E-state index in [1.807, 2.05) is 19.1 Å². The molecule has 2 aromatic carbocycles. The molecule has 0 atom stereocenters. The molecule has 0 heterocycles. The van der Waals surface area contributed by atoms with Crippen molar-refractivity contribution in [3.63, 3.8) is 0 Å². The first-order valence-electron chi connectivity index (χ1n) is 6.97. The number of hydrogen-bond acceptors (Lipinski definition) is 5. The van der Waals surface area contributed by atoms with Crippen LogP contribution in [0.4, 0.5) is 0 Å². The zero-order valence-electron chi connectivity index (χ0n) is 13.0. The number of hydrazine groups is 1. The molecule has 0 spiro atoms. The topological polar surface area (TPSA) is 111 Å². The molecule has 0 unspecified atom stereocenters. The van der Waals surface area contributed by atoms with E-state index in [4.69, 9.17) is 21.4 Å². The van der Waals surface area contributed by atoms with Crippen LogP contribution in [0.1, 0.15) is 11.1 Å². The highest BCUT2D eigenvalue weighted by Crippen LogP contribution is 2.26. The normalized spacial score (nSPS) is 11.6. The molecule has 0 aromatic heterocycles.